The molecule has 1 saturated carbocycles. The van der Waals surface area contributed by atoms with E-state index in [2.05, 4.69) is 16.4 Å². The molecule has 0 amide bonds. The minimum atomic E-state index is 0.830. The summed E-state index contributed by atoms with van der Waals surface area (Å²) in [4.78, 5) is 4.13. The molecule has 0 bridgehead atoms. The molecule has 2 nitrogen and oxygen atoms in total. The number of nitrogens with one attached hydrogen (secondary N) is 1. The standard InChI is InChI=1S/C10H14N2/c1-11-6-9-7-12-5-4-10(9)8-2-3-8/h4-5,7-8,11H,2-3,6H2,1H3. The molecule has 1 aliphatic carbocycles. The van der Waals surface area contributed by atoms with Gasteiger partial charge < -0.3 is 5.32 Å². The van der Waals surface area contributed by atoms with Crippen molar-refractivity contribution in [2.45, 2.75) is 25.3 Å². The summed E-state index contributed by atoms with van der Waals surface area (Å²) in [5.41, 5.74) is 2.86. The molecule has 12 heavy (non-hydrogen) atoms. The molecule has 0 aromatic carbocycles. The summed E-state index contributed by atoms with van der Waals surface area (Å²) in [6, 6.07) is 2.16. The van der Waals surface area contributed by atoms with Crippen molar-refractivity contribution in [2.75, 3.05) is 7.05 Å². The van der Waals surface area contributed by atoms with Crippen LogP contribution in [0.2, 0.25) is 0 Å². The lowest BCUT2D eigenvalue weighted by Crippen LogP contribution is -2.07. The second-order valence-corrected chi connectivity index (χ2v) is 3.38. The van der Waals surface area contributed by atoms with E-state index in [1.54, 1.807) is 0 Å². The van der Waals surface area contributed by atoms with Gasteiger partial charge in [-0.1, -0.05) is 0 Å². The first-order chi connectivity index (χ1) is 5.92. The Hall–Kier alpha value is -0.890. The van der Waals surface area contributed by atoms with Crippen LogP contribution < -0.4 is 5.32 Å². The Morgan fingerprint density at radius 1 is 1.58 bits per heavy atom. The minimum Gasteiger partial charge on any atom is -0.316 e. The summed E-state index contributed by atoms with van der Waals surface area (Å²) >= 11 is 0. The normalized spacial score (nSPS) is 16.4. The molecule has 2 rings (SSSR count). The molecule has 0 unspecified atom stereocenters. The molecule has 1 aromatic heterocycles. The number of nitrogens with zero attached hydrogens (tertiary/aromatic N) is 1. The minimum absolute atomic E-state index is 0.830. The van der Waals surface area contributed by atoms with Crippen LogP contribution in [0.5, 0.6) is 0 Å². The third-order valence-electron chi connectivity index (χ3n) is 2.33. The highest BCUT2D eigenvalue weighted by Crippen LogP contribution is 2.41. The quantitative estimate of drug-likeness (QED) is 0.731. The number of aromatic nitrogens is 1. The van der Waals surface area contributed by atoms with E-state index in [0.29, 0.717) is 0 Å². The zero-order valence-corrected chi connectivity index (χ0v) is 7.38. The highest BCUT2D eigenvalue weighted by Gasteiger charge is 2.25. The van der Waals surface area contributed by atoms with Gasteiger partial charge in [-0.3, -0.25) is 4.98 Å². The monoisotopic (exact) mass is 162 g/mol. The van der Waals surface area contributed by atoms with Gasteiger partial charge in [0.05, 0.1) is 0 Å². The van der Waals surface area contributed by atoms with Gasteiger partial charge in [0.1, 0.15) is 0 Å². The summed E-state index contributed by atoms with van der Waals surface area (Å²) in [6.07, 6.45) is 6.60. The molecule has 64 valence electrons. The van der Waals surface area contributed by atoms with E-state index in [0.717, 1.165) is 12.5 Å². The first-order valence-electron chi connectivity index (χ1n) is 4.49. The van der Waals surface area contributed by atoms with Gasteiger partial charge in [0.25, 0.3) is 0 Å². The third-order valence-corrected chi connectivity index (χ3v) is 2.33. The SMILES string of the molecule is CNCc1cnccc1C1CC1. The predicted molar refractivity (Wildman–Crippen MR) is 49.0 cm³/mol. The average molecular weight is 162 g/mol. The van der Waals surface area contributed by atoms with E-state index >= 15 is 0 Å². The van der Waals surface area contributed by atoms with E-state index in [1.165, 1.54) is 24.0 Å². The third kappa shape index (κ3) is 1.48. The van der Waals surface area contributed by atoms with Gasteiger partial charge in [-0.2, -0.15) is 0 Å². The molecule has 1 fully saturated rings. The molecule has 0 saturated heterocycles. The molecule has 0 aliphatic heterocycles. The van der Waals surface area contributed by atoms with Crippen molar-refractivity contribution in [3.8, 4) is 0 Å². The van der Waals surface area contributed by atoms with Gasteiger partial charge in [0.15, 0.2) is 0 Å². The van der Waals surface area contributed by atoms with Crippen molar-refractivity contribution in [1.82, 2.24) is 10.3 Å². The van der Waals surface area contributed by atoms with E-state index in [4.69, 9.17) is 0 Å². The summed E-state index contributed by atoms with van der Waals surface area (Å²) in [7, 11) is 1.98. The lowest BCUT2D eigenvalue weighted by Gasteiger charge is -2.05. The number of hydrogen-bond acceptors (Lipinski definition) is 2. The zero-order chi connectivity index (χ0) is 8.39. The van der Waals surface area contributed by atoms with Crippen molar-refractivity contribution < 1.29 is 0 Å². The smallest absolute Gasteiger partial charge is 0.0315 e. The largest absolute Gasteiger partial charge is 0.316 e. The zero-order valence-electron chi connectivity index (χ0n) is 7.38. The molecule has 1 aliphatic rings. The van der Waals surface area contributed by atoms with E-state index in [1.807, 2.05) is 19.4 Å². The maximum absolute atomic E-state index is 4.13. The van der Waals surface area contributed by atoms with Crippen LogP contribution in [0.1, 0.15) is 29.9 Å². The van der Waals surface area contributed by atoms with Crippen LogP contribution in [-0.4, -0.2) is 12.0 Å². The Morgan fingerprint density at radius 3 is 3.08 bits per heavy atom. The van der Waals surface area contributed by atoms with Gasteiger partial charge >= 0.3 is 0 Å². The molecule has 0 spiro atoms. The van der Waals surface area contributed by atoms with Gasteiger partial charge in [0.2, 0.25) is 0 Å². The van der Waals surface area contributed by atoms with E-state index in [9.17, 15) is 0 Å². The predicted octanol–water partition coefficient (Wildman–Crippen LogP) is 1.68. The summed E-state index contributed by atoms with van der Waals surface area (Å²) in [5, 5.41) is 3.17. The molecule has 1 aromatic rings. The first kappa shape index (κ1) is 7.74. The van der Waals surface area contributed by atoms with Crippen molar-refractivity contribution in [3.05, 3.63) is 29.6 Å². The summed E-state index contributed by atoms with van der Waals surface area (Å²) < 4.78 is 0. The number of rotatable bonds is 3. The van der Waals surface area contributed by atoms with Crippen LogP contribution in [0.4, 0.5) is 0 Å². The fraction of sp³-hybridized carbons (Fsp3) is 0.500. The first-order valence-corrected chi connectivity index (χ1v) is 4.49. The van der Waals surface area contributed by atoms with E-state index in [-0.39, 0.29) is 0 Å². The molecule has 0 radical (unpaired) electrons. The topological polar surface area (TPSA) is 24.9 Å². The average Bonchev–Trinajstić information content (AvgIpc) is 2.89. The van der Waals surface area contributed by atoms with Crippen molar-refractivity contribution >= 4 is 0 Å². The van der Waals surface area contributed by atoms with E-state index < -0.39 is 0 Å². The Kier molecular flexibility index (Phi) is 2.09. The summed E-state index contributed by atoms with van der Waals surface area (Å²) in [6.45, 7) is 0.944. The van der Waals surface area contributed by atoms with Gasteiger partial charge in [-0.15, -0.1) is 0 Å². The Bertz CT molecular complexity index is 266. The fourth-order valence-corrected chi connectivity index (χ4v) is 1.57. The summed E-state index contributed by atoms with van der Waals surface area (Å²) in [5.74, 6) is 0.830. The second kappa shape index (κ2) is 3.23. The highest BCUT2D eigenvalue weighted by molar-refractivity contribution is 5.30. The number of hydrogen-bond donors (Lipinski definition) is 1. The lowest BCUT2D eigenvalue weighted by molar-refractivity contribution is 0.799. The van der Waals surface area contributed by atoms with Crippen LogP contribution in [0.3, 0.4) is 0 Å². The second-order valence-electron chi connectivity index (χ2n) is 3.38. The van der Waals surface area contributed by atoms with Gasteiger partial charge in [-0.05, 0) is 43.0 Å². The molecular weight excluding hydrogens is 148 g/mol. The van der Waals surface area contributed by atoms with Gasteiger partial charge in [-0.25, -0.2) is 0 Å². The maximum atomic E-state index is 4.13. The molecule has 1 N–H and O–H groups in total. The lowest BCUT2D eigenvalue weighted by atomic mass is 10.1. The van der Waals surface area contributed by atoms with Gasteiger partial charge in [0, 0.05) is 18.9 Å². The molecule has 2 heteroatoms. The molecule has 1 heterocycles. The van der Waals surface area contributed by atoms with Crippen LogP contribution in [0, 0.1) is 0 Å². The van der Waals surface area contributed by atoms with Crippen molar-refractivity contribution in [2.24, 2.45) is 0 Å². The van der Waals surface area contributed by atoms with Crippen LogP contribution in [0.25, 0.3) is 0 Å². The van der Waals surface area contributed by atoms with Crippen molar-refractivity contribution in [1.29, 1.82) is 0 Å². The molecule has 0 atom stereocenters. The van der Waals surface area contributed by atoms with Crippen LogP contribution in [0.15, 0.2) is 18.5 Å². The Labute approximate surface area is 73.0 Å². The molecular formula is C10H14N2. The van der Waals surface area contributed by atoms with Crippen LogP contribution in [-0.2, 0) is 6.54 Å². The number of pyridine rings is 1. The maximum Gasteiger partial charge on any atom is 0.0315 e. The fourth-order valence-electron chi connectivity index (χ4n) is 1.57. The Balaban J connectivity index is 2.24. The highest BCUT2D eigenvalue weighted by atomic mass is 14.8. The Morgan fingerprint density at radius 2 is 2.42 bits per heavy atom. The van der Waals surface area contributed by atoms with Crippen molar-refractivity contribution in [3.63, 3.8) is 0 Å². The van der Waals surface area contributed by atoms with Crippen LogP contribution >= 0.6 is 0 Å².